The number of nitrogens with two attached hydrogens (primary N) is 1. The Morgan fingerprint density at radius 2 is 1.87 bits per heavy atom. The van der Waals surface area contributed by atoms with Crippen LogP contribution in [-0.4, -0.2) is 80.3 Å². The van der Waals surface area contributed by atoms with Crippen LogP contribution >= 0.6 is 0 Å². The number of rotatable bonds is 3. The Kier molecular flexibility index (Phi) is 5.28. The van der Waals surface area contributed by atoms with Crippen LogP contribution in [0, 0.1) is 0 Å². The number of amidine groups is 1. The number of nitrogens with zero attached hydrogens (tertiary/aromatic N) is 6. The van der Waals surface area contributed by atoms with E-state index >= 15 is 0 Å². The minimum Gasteiger partial charge on any atom is -0.447 e. The van der Waals surface area contributed by atoms with Gasteiger partial charge in [-0.1, -0.05) is 0 Å². The number of allylic oxidation sites excluding steroid dienone is 2. The van der Waals surface area contributed by atoms with Crippen molar-refractivity contribution in [2.75, 3.05) is 55.8 Å². The molecule has 4 heterocycles. The summed E-state index contributed by atoms with van der Waals surface area (Å²) in [5.41, 5.74) is 3.90. The van der Waals surface area contributed by atoms with E-state index in [2.05, 4.69) is 20.0 Å². The quantitative estimate of drug-likeness (QED) is 0.767. The van der Waals surface area contributed by atoms with E-state index in [4.69, 9.17) is 15.2 Å². The molecule has 2 N–H and O–H groups in total. The van der Waals surface area contributed by atoms with Crippen molar-refractivity contribution in [1.29, 1.82) is 0 Å². The maximum Gasteiger partial charge on any atom is 0.434 e. The fraction of sp³-hybridized carbons (Fsp3) is 0.471. The highest BCUT2D eigenvalue weighted by Gasteiger charge is 2.38. The van der Waals surface area contributed by atoms with E-state index in [1.807, 2.05) is 0 Å². The number of morpholine rings is 1. The maximum absolute atomic E-state index is 13.7. The number of anilines is 2. The van der Waals surface area contributed by atoms with Crippen molar-refractivity contribution < 1.29 is 27.4 Å². The number of aliphatic imine (C=N–C) groups is 2. The summed E-state index contributed by atoms with van der Waals surface area (Å²) in [5.74, 6) is 0.0427. The molecule has 13 heteroatoms. The number of amides is 1. The van der Waals surface area contributed by atoms with Gasteiger partial charge in [0.1, 0.15) is 18.3 Å². The van der Waals surface area contributed by atoms with Crippen molar-refractivity contribution in [3.63, 3.8) is 0 Å². The average Bonchev–Trinajstić information content (AvgIpc) is 3.04. The van der Waals surface area contributed by atoms with Gasteiger partial charge in [0, 0.05) is 30.9 Å². The predicted octanol–water partition coefficient (Wildman–Crippen LogP) is 0.985. The van der Waals surface area contributed by atoms with Crippen LogP contribution in [-0.2, 0) is 9.47 Å². The molecule has 2 saturated heterocycles. The third-order valence-corrected chi connectivity index (χ3v) is 4.56. The number of halogens is 3. The van der Waals surface area contributed by atoms with E-state index in [9.17, 15) is 18.0 Å². The van der Waals surface area contributed by atoms with Gasteiger partial charge in [0.2, 0.25) is 5.95 Å². The van der Waals surface area contributed by atoms with Gasteiger partial charge in [-0.15, -0.1) is 0 Å². The number of alkyl halides is 3. The normalized spacial score (nSPS) is 20.4. The SMILES string of the molecule is NC1=NC(C(F)(F)F)=C(c2cc(N3CCOC3=O)nc(N3CCOCC3)n2)C=NC1. The fourth-order valence-corrected chi connectivity index (χ4v) is 3.14. The van der Waals surface area contributed by atoms with Gasteiger partial charge in [0.05, 0.1) is 32.0 Å². The summed E-state index contributed by atoms with van der Waals surface area (Å²) < 4.78 is 51.4. The summed E-state index contributed by atoms with van der Waals surface area (Å²) in [6.07, 6.45) is -4.37. The first-order valence-corrected chi connectivity index (χ1v) is 9.14. The molecule has 10 nitrogen and oxygen atoms in total. The Balaban J connectivity index is 1.88. The molecule has 4 rings (SSSR count). The molecule has 160 valence electrons. The Morgan fingerprint density at radius 1 is 1.10 bits per heavy atom. The van der Waals surface area contributed by atoms with E-state index in [1.54, 1.807) is 4.90 Å². The molecule has 0 spiro atoms. The van der Waals surface area contributed by atoms with Gasteiger partial charge in [-0.3, -0.25) is 9.89 Å². The zero-order valence-corrected chi connectivity index (χ0v) is 15.7. The third kappa shape index (κ3) is 4.06. The van der Waals surface area contributed by atoms with Crippen molar-refractivity contribution in [2.24, 2.45) is 15.7 Å². The number of aromatic nitrogens is 2. The first kappa shape index (κ1) is 20.1. The van der Waals surface area contributed by atoms with Gasteiger partial charge < -0.3 is 20.1 Å². The molecule has 3 aliphatic heterocycles. The standard InChI is InChI=1S/C17H18F3N7O3/c18-17(19,20)14-10(8-22-9-12(21)24-14)11-7-13(27-3-6-30-16(27)28)25-15(23-11)26-1-4-29-5-2-26/h7-8H,1-6,9H2,(H2,21,24). The highest BCUT2D eigenvalue weighted by Crippen LogP contribution is 2.34. The lowest BCUT2D eigenvalue weighted by Crippen LogP contribution is -2.38. The van der Waals surface area contributed by atoms with Gasteiger partial charge in [0.25, 0.3) is 0 Å². The van der Waals surface area contributed by atoms with Crippen LogP contribution in [0.5, 0.6) is 0 Å². The molecule has 30 heavy (non-hydrogen) atoms. The van der Waals surface area contributed by atoms with E-state index < -0.39 is 18.0 Å². The van der Waals surface area contributed by atoms with Crippen molar-refractivity contribution in [3.8, 4) is 0 Å². The highest BCUT2D eigenvalue weighted by molar-refractivity contribution is 6.12. The summed E-state index contributed by atoms with van der Waals surface area (Å²) in [7, 11) is 0. The molecule has 1 amide bonds. The predicted molar refractivity (Wildman–Crippen MR) is 102 cm³/mol. The number of ether oxygens (including phenoxy) is 2. The topological polar surface area (TPSA) is 119 Å². The van der Waals surface area contributed by atoms with E-state index in [0.29, 0.717) is 26.3 Å². The molecule has 0 unspecified atom stereocenters. The van der Waals surface area contributed by atoms with E-state index in [1.165, 1.54) is 11.0 Å². The Labute approximate surface area is 168 Å². The van der Waals surface area contributed by atoms with Crippen LogP contribution in [0.3, 0.4) is 0 Å². The molecule has 0 aromatic carbocycles. The van der Waals surface area contributed by atoms with Crippen LogP contribution < -0.4 is 15.5 Å². The second-order valence-corrected chi connectivity index (χ2v) is 6.61. The monoisotopic (exact) mass is 425 g/mol. The lowest BCUT2D eigenvalue weighted by atomic mass is 10.1. The van der Waals surface area contributed by atoms with Gasteiger partial charge in [-0.05, 0) is 0 Å². The molecule has 0 saturated carbocycles. The summed E-state index contributed by atoms with van der Waals surface area (Å²) >= 11 is 0. The molecule has 1 aromatic rings. The van der Waals surface area contributed by atoms with Gasteiger partial charge in [0.15, 0.2) is 5.70 Å². The zero-order valence-electron chi connectivity index (χ0n) is 15.7. The second-order valence-electron chi connectivity index (χ2n) is 6.61. The Morgan fingerprint density at radius 3 is 2.53 bits per heavy atom. The van der Waals surface area contributed by atoms with Gasteiger partial charge in [-0.25, -0.2) is 14.8 Å². The molecule has 0 atom stereocenters. The number of hydrogen-bond donors (Lipinski definition) is 1. The summed E-state index contributed by atoms with van der Waals surface area (Å²) in [4.78, 5) is 31.2. The number of hydrogen-bond acceptors (Lipinski definition) is 9. The smallest absolute Gasteiger partial charge is 0.434 e. The van der Waals surface area contributed by atoms with Gasteiger partial charge >= 0.3 is 12.3 Å². The van der Waals surface area contributed by atoms with E-state index in [0.717, 1.165) is 6.21 Å². The maximum atomic E-state index is 13.7. The highest BCUT2D eigenvalue weighted by atomic mass is 19.4. The fourth-order valence-electron chi connectivity index (χ4n) is 3.14. The van der Waals surface area contributed by atoms with Crippen LogP contribution in [0.15, 0.2) is 21.7 Å². The van der Waals surface area contributed by atoms with Crippen LogP contribution in [0.1, 0.15) is 5.69 Å². The molecule has 0 radical (unpaired) electrons. The first-order chi connectivity index (χ1) is 14.3. The van der Waals surface area contributed by atoms with Crippen LogP contribution in [0.4, 0.5) is 29.7 Å². The van der Waals surface area contributed by atoms with Gasteiger partial charge in [-0.2, -0.15) is 18.2 Å². The largest absolute Gasteiger partial charge is 0.447 e. The second kappa shape index (κ2) is 7.89. The van der Waals surface area contributed by atoms with E-state index in [-0.39, 0.29) is 48.6 Å². The Bertz CT molecular complexity index is 939. The molecule has 0 bridgehead atoms. The molecule has 0 aliphatic carbocycles. The third-order valence-electron chi connectivity index (χ3n) is 4.56. The van der Waals surface area contributed by atoms with Crippen molar-refractivity contribution >= 4 is 35.5 Å². The molecule has 2 fully saturated rings. The van der Waals surface area contributed by atoms with Crippen LogP contribution in [0.25, 0.3) is 5.57 Å². The summed E-state index contributed by atoms with van der Waals surface area (Å²) in [6.45, 7) is 1.97. The minimum atomic E-state index is -4.78. The summed E-state index contributed by atoms with van der Waals surface area (Å²) in [5, 5.41) is 0. The minimum absolute atomic E-state index is 0.0734. The average molecular weight is 425 g/mol. The lowest BCUT2D eigenvalue weighted by molar-refractivity contribution is -0.0915. The zero-order chi connectivity index (χ0) is 21.3. The van der Waals surface area contributed by atoms with Crippen molar-refractivity contribution in [1.82, 2.24) is 9.97 Å². The van der Waals surface area contributed by atoms with Crippen molar-refractivity contribution in [3.05, 3.63) is 17.5 Å². The lowest BCUT2D eigenvalue weighted by Gasteiger charge is -2.28. The summed E-state index contributed by atoms with van der Waals surface area (Å²) in [6, 6.07) is 1.29. The molecule has 1 aromatic heterocycles. The number of cyclic esters (lactones) is 1. The number of carbonyl (C=O) groups excluding carboxylic acids is 1. The molecular weight excluding hydrogens is 407 g/mol. The van der Waals surface area contributed by atoms with Crippen molar-refractivity contribution in [2.45, 2.75) is 6.18 Å². The number of carbonyl (C=O) groups is 1. The molecule has 3 aliphatic rings. The first-order valence-electron chi connectivity index (χ1n) is 9.14. The molecular formula is C17H18F3N7O3. The Hall–Kier alpha value is -3.22. The van der Waals surface area contributed by atoms with Crippen LogP contribution in [0.2, 0.25) is 0 Å².